The third kappa shape index (κ3) is 4.42. The molecule has 1 saturated carbocycles. The summed E-state index contributed by atoms with van der Waals surface area (Å²) >= 11 is 0. The molecule has 18 heavy (non-hydrogen) atoms. The van der Waals surface area contributed by atoms with E-state index in [0.717, 1.165) is 19.3 Å². The number of nitrogens with two attached hydrogens (primary N) is 1. The molecule has 0 heterocycles. The standard InChI is InChI=1S/C14H26N2O2/c1-3-10-16(12-7-4-5-8-12)14(17)13(15)9-6-11-18-2/h3,12-13H,1,4-11,15H2,2H3. The molecule has 0 aromatic carbocycles. The molecule has 0 aliphatic heterocycles. The Balaban J connectivity index is 2.49. The van der Waals surface area contributed by atoms with Crippen LogP contribution in [-0.4, -0.2) is 43.2 Å². The number of methoxy groups -OCH3 is 1. The average Bonchev–Trinajstić information content (AvgIpc) is 2.89. The summed E-state index contributed by atoms with van der Waals surface area (Å²) in [6, 6.07) is -0.0373. The molecule has 0 saturated heterocycles. The van der Waals surface area contributed by atoms with Gasteiger partial charge in [0.2, 0.25) is 5.91 Å². The minimum Gasteiger partial charge on any atom is -0.385 e. The molecule has 0 aromatic rings. The van der Waals surface area contributed by atoms with Crippen LogP contribution in [0.15, 0.2) is 12.7 Å². The molecule has 1 fully saturated rings. The molecule has 0 aromatic heterocycles. The number of carbonyl (C=O) groups is 1. The summed E-state index contributed by atoms with van der Waals surface area (Å²) in [6.07, 6.45) is 7.94. The van der Waals surface area contributed by atoms with E-state index in [4.69, 9.17) is 10.5 Å². The summed E-state index contributed by atoms with van der Waals surface area (Å²) < 4.78 is 4.98. The minimum atomic E-state index is -0.402. The molecule has 0 bridgehead atoms. The quantitative estimate of drug-likeness (QED) is 0.530. The summed E-state index contributed by atoms with van der Waals surface area (Å²) in [5.74, 6) is 0.0675. The fourth-order valence-corrected chi connectivity index (χ4v) is 2.56. The summed E-state index contributed by atoms with van der Waals surface area (Å²) in [5, 5.41) is 0. The fourth-order valence-electron chi connectivity index (χ4n) is 2.56. The Hall–Kier alpha value is -0.870. The minimum absolute atomic E-state index is 0.0675. The van der Waals surface area contributed by atoms with Crippen LogP contribution in [0.3, 0.4) is 0 Å². The Morgan fingerprint density at radius 1 is 1.56 bits per heavy atom. The molecular weight excluding hydrogens is 228 g/mol. The van der Waals surface area contributed by atoms with Crippen LogP contribution >= 0.6 is 0 Å². The van der Waals surface area contributed by atoms with Crippen LogP contribution in [0.1, 0.15) is 38.5 Å². The largest absolute Gasteiger partial charge is 0.385 e. The molecule has 1 unspecified atom stereocenters. The van der Waals surface area contributed by atoms with Gasteiger partial charge in [-0.1, -0.05) is 18.9 Å². The first kappa shape index (κ1) is 15.2. The Bertz CT molecular complexity index is 263. The summed E-state index contributed by atoms with van der Waals surface area (Å²) in [5.41, 5.74) is 5.98. The van der Waals surface area contributed by atoms with E-state index in [0.29, 0.717) is 25.6 Å². The van der Waals surface area contributed by atoms with Crippen molar-refractivity contribution in [3.63, 3.8) is 0 Å². The maximum Gasteiger partial charge on any atom is 0.240 e. The maximum atomic E-state index is 12.3. The zero-order valence-corrected chi connectivity index (χ0v) is 11.4. The second kappa shape index (κ2) is 8.27. The number of amides is 1. The van der Waals surface area contributed by atoms with Crippen molar-refractivity contribution in [2.24, 2.45) is 5.73 Å². The van der Waals surface area contributed by atoms with Gasteiger partial charge >= 0.3 is 0 Å². The number of carbonyl (C=O) groups excluding carboxylic acids is 1. The lowest BCUT2D eigenvalue weighted by molar-refractivity contribution is -0.134. The average molecular weight is 254 g/mol. The molecule has 0 spiro atoms. The van der Waals surface area contributed by atoms with Crippen molar-refractivity contribution in [2.75, 3.05) is 20.3 Å². The van der Waals surface area contributed by atoms with Gasteiger partial charge in [0.15, 0.2) is 0 Å². The smallest absolute Gasteiger partial charge is 0.240 e. The van der Waals surface area contributed by atoms with Gasteiger partial charge in [-0.25, -0.2) is 0 Å². The summed E-state index contributed by atoms with van der Waals surface area (Å²) in [6.45, 7) is 5.01. The van der Waals surface area contributed by atoms with Gasteiger partial charge < -0.3 is 15.4 Å². The van der Waals surface area contributed by atoms with Crippen molar-refractivity contribution in [1.29, 1.82) is 0 Å². The number of nitrogens with zero attached hydrogens (tertiary/aromatic N) is 1. The van der Waals surface area contributed by atoms with E-state index < -0.39 is 6.04 Å². The van der Waals surface area contributed by atoms with Gasteiger partial charge in [0.05, 0.1) is 6.04 Å². The topological polar surface area (TPSA) is 55.6 Å². The molecule has 1 atom stereocenters. The van der Waals surface area contributed by atoms with E-state index in [2.05, 4.69) is 6.58 Å². The van der Waals surface area contributed by atoms with E-state index in [1.807, 2.05) is 4.90 Å². The molecular formula is C14H26N2O2. The van der Waals surface area contributed by atoms with Crippen LogP contribution in [0.4, 0.5) is 0 Å². The Labute approximate surface area is 110 Å². The Morgan fingerprint density at radius 2 is 2.22 bits per heavy atom. The highest BCUT2D eigenvalue weighted by Crippen LogP contribution is 2.24. The third-order valence-electron chi connectivity index (χ3n) is 3.56. The van der Waals surface area contributed by atoms with Gasteiger partial charge in [-0.05, 0) is 25.7 Å². The predicted octanol–water partition coefficient (Wildman–Crippen LogP) is 1.70. The Morgan fingerprint density at radius 3 is 2.78 bits per heavy atom. The molecule has 4 heteroatoms. The molecule has 4 nitrogen and oxygen atoms in total. The van der Waals surface area contributed by atoms with Crippen LogP contribution in [0.2, 0.25) is 0 Å². The van der Waals surface area contributed by atoms with E-state index in [9.17, 15) is 4.79 Å². The zero-order valence-electron chi connectivity index (χ0n) is 11.4. The summed E-state index contributed by atoms with van der Waals surface area (Å²) in [7, 11) is 1.66. The molecule has 0 radical (unpaired) electrons. The lowest BCUT2D eigenvalue weighted by atomic mass is 10.1. The third-order valence-corrected chi connectivity index (χ3v) is 3.56. The lowest BCUT2D eigenvalue weighted by Gasteiger charge is -2.30. The predicted molar refractivity (Wildman–Crippen MR) is 73.3 cm³/mol. The fraction of sp³-hybridized carbons (Fsp3) is 0.786. The monoisotopic (exact) mass is 254 g/mol. The van der Waals surface area contributed by atoms with Crippen molar-refractivity contribution in [1.82, 2.24) is 4.90 Å². The highest BCUT2D eigenvalue weighted by atomic mass is 16.5. The first-order valence-corrected chi connectivity index (χ1v) is 6.86. The van der Waals surface area contributed by atoms with Crippen LogP contribution < -0.4 is 5.73 Å². The molecule has 1 rings (SSSR count). The van der Waals surface area contributed by atoms with Crippen molar-refractivity contribution in [3.05, 3.63) is 12.7 Å². The number of ether oxygens (including phenoxy) is 1. The number of rotatable bonds is 8. The van der Waals surface area contributed by atoms with E-state index in [1.54, 1.807) is 13.2 Å². The van der Waals surface area contributed by atoms with Crippen molar-refractivity contribution in [2.45, 2.75) is 50.6 Å². The normalized spacial score (nSPS) is 17.7. The zero-order chi connectivity index (χ0) is 13.4. The van der Waals surface area contributed by atoms with E-state index >= 15 is 0 Å². The molecule has 2 N–H and O–H groups in total. The second-order valence-corrected chi connectivity index (χ2v) is 4.96. The molecule has 1 aliphatic rings. The van der Waals surface area contributed by atoms with Gasteiger partial charge in [-0.15, -0.1) is 6.58 Å². The number of hydrogen-bond donors (Lipinski definition) is 1. The Kier molecular flexibility index (Phi) is 6.98. The van der Waals surface area contributed by atoms with E-state index in [-0.39, 0.29) is 5.91 Å². The summed E-state index contributed by atoms with van der Waals surface area (Å²) in [4.78, 5) is 14.2. The molecule has 1 amide bonds. The van der Waals surface area contributed by atoms with Crippen LogP contribution in [0.5, 0.6) is 0 Å². The highest BCUT2D eigenvalue weighted by Gasteiger charge is 2.28. The van der Waals surface area contributed by atoms with Crippen molar-refractivity contribution in [3.8, 4) is 0 Å². The molecule has 104 valence electrons. The SMILES string of the molecule is C=CCN(C(=O)C(N)CCCOC)C1CCCC1. The lowest BCUT2D eigenvalue weighted by Crippen LogP contribution is -2.48. The van der Waals surface area contributed by atoms with Gasteiger partial charge in [0.1, 0.15) is 0 Å². The first-order valence-electron chi connectivity index (χ1n) is 6.86. The maximum absolute atomic E-state index is 12.3. The second-order valence-electron chi connectivity index (χ2n) is 4.96. The van der Waals surface area contributed by atoms with Crippen LogP contribution in [0.25, 0.3) is 0 Å². The first-order chi connectivity index (χ1) is 8.70. The van der Waals surface area contributed by atoms with Crippen molar-refractivity contribution < 1.29 is 9.53 Å². The van der Waals surface area contributed by atoms with Crippen LogP contribution in [-0.2, 0) is 9.53 Å². The van der Waals surface area contributed by atoms with Crippen LogP contribution in [0, 0.1) is 0 Å². The van der Waals surface area contributed by atoms with Gasteiger partial charge in [0.25, 0.3) is 0 Å². The van der Waals surface area contributed by atoms with Gasteiger partial charge in [0, 0.05) is 26.3 Å². The van der Waals surface area contributed by atoms with Gasteiger partial charge in [-0.2, -0.15) is 0 Å². The van der Waals surface area contributed by atoms with E-state index in [1.165, 1.54) is 12.8 Å². The molecule has 1 aliphatic carbocycles. The van der Waals surface area contributed by atoms with Gasteiger partial charge in [-0.3, -0.25) is 4.79 Å². The highest BCUT2D eigenvalue weighted by molar-refractivity contribution is 5.82. The number of hydrogen-bond acceptors (Lipinski definition) is 3. The van der Waals surface area contributed by atoms with Crippen molar-refractivity contribution >= 4 is 5.91 Å².